The molecule has 0 aromatic carbocycles. The lowest BCUT2D eigenvalue weighted by Gasteiger charge is -2.16. The fraction of sp³-hybridized carbons (Fsp3) is 1.00. The van der Waals surface area contributed by atoms with Crippen LogP contribution < -0.4 is 0 Å². The van der Waals surface area contributed by atoms with Crippen LogP contribution in [0.25, 0.3) is 0 Å². The maximum absolute atomic E-state index is 2.59. The largest absolute Gasteiger partial charge is 0.306 e. The minimum Gasteiger partial charge on any atom is -0.306 e. The van der Waals surface area contributed by atoms with Gasteiger partial charge in [0, 0.05) is 0 Å². The van der Waals surface area contributed by atoms with Gasteiger partial charge >= 0.3 is 0 Å². The van der Waals surface area contributed by atoms with Gasteiger partial charge in [0.05, 0.1) is 0 Å². The molecule has 0 rings (SSSR count). The van der Waals surface area contributed by atoms with Gasteiger partial charge < -0.3 is 4.90 Å². The summed E-state index contributed by atoms with van der Waals surface area (Å²) in [6.45, 7) is 12.0. The Labute approximate surface area is 244 Å². The van der Waals surface area contributed by atoms with Gasteiger partial charge in [-0.15, -0.1) is 0 Å². The highest BCUT2D eigenvalue weighted by Crippen LogP contribution is 2.16. The fourth-order valence-corrected chi connectivity index (χ4v) is 5.87. The second kappa shape index (κ2) is 31.5. The quantitative estimate of drug-likeness (QED) is 0.0774. The number of unbranched alkanes of at least 4 members (excludes halogenated alkanes) is 24. The molecule has 0 aromatic heterocycles. The maximum atomic E-state index is 2.59. The first-order chi connectivity index (χ1) is 18.5. The van der Waals surface area contributed by atoms with E-state index in [2.05, 4.69) is 39.6 Å². The van der Waals surface area contributed by atoms with E-state index in [4.69, 9.17) is 0 Å². The van der Waals surface area contributed by atoms with Crippen molar-refractivity contribution in [3.8, 4) is 0 Å². The minimum atomic E-state index is 0.893. The molecule has 0 atom stereocenters. The molecule has 0 spiro atoms. The molecule has 0 aromatic rings. The summed E-state index contributed by atoms with van der Waals surface area (Å²) in [7, 11) is 2.34. The zero-order valence-corrected chi connectivity index (χ0v) is 27.8. The Balaban J connectivity index is 3.15. The van der Waals surface area contributed by atoms with Gasteiger partial charge in [0.15, 0.2) is 0 Å². The second-order valence-corrected chi connectivity index (χ2v) is 13.9. The van der Waals surface area contributed by atoms with Crippen molar-refractivity contribution in [2.75, 3.05) is 20.1 Å². The van der Waals surface area contributed by atoms with E-state index in [0.29, 0.717) is 0 Å². The Hall–Kier alpha value is -0.0400. The molecule has 0 bridgehead atoms. The minimum absolute atomic E-state index is 0.893. The van der Waals surface area contributed by atoms with Crippen molar-refractivity contribution in [2.45, 2.75) is 207 Å². The SMILES string of the molecule is CC(C)CCCCCCCCCCCCCCCN(C)CCCCCCCCCCCCCCCC(C)C. The molecule has 0 saturated carbocycles. The predicted octanol–water partition coefficient (Wildman–Crippen LogP) is 13.2. The molecule has 38 heavy (non-hydrogen) atoms. The Morgan fingerprint density at radius 3 is 0.684 bits per heavy atom. The van der Waals surface area contributed by atoms with Crippen molar-refractivity contribution in [3.05, 3.63) is 0 Å². The van der Waals surface area contributed by atoms with Gasteiger partial charge in [0.1, 0.15) is 0 Å². The maximum Gasteiger partial charge on any atom is -0.00218 e. The van der Waals surface area contributed by atoms with Crippen LogP contribution in [-0.2, 0) is 0 Å². The van der Waals surface area contributed by atoms with Crippen LogP contribution in [0.5, 0.6) is 0 Å². The molecule has 0 aliphatic heterocycles. The van der Waals surface area contributed by atoms with Crippen LogP contribution in [0.3, 0.4) is 0 Å². The number of rotatable bonds is 32. The Morgan fingerprint density at radius 2 is 0.474 bits per heavy atom. The van der Waals surface area contributed by atoms with E-state index in [1.165, 1.54) is 193 Å². The van der Waals surface area contributed by atoms with E-state index < -0.39 is 0 Å². The highest BCUT2D eigenvalue weighted by atomic mass is 15.1. The van der Waals surface area contributed by atoms with Crippen LogP contribution in [-0.4, -0.2) is 25.0 Å². The predicted molar refractivity (Wildman–Crippen MR) is 176 cm³/mol. The zero-order chi connectivity index (χ0) is 27.9. The van der Waals surface area contributed by atoms with E-state index in [0.717, 1.165) is 11.8 Å². The summed E-state index contributed by atoms with van der Waals surface area (Å²) in [4.78, 5) is 2.59. The van der Waals surface area contributed by atoms with E-state index in [1.807, 2.05) is 0 Å². The second-order valence-electron chi connectivity index (χ2n) is 13.9. The summed E-state index contributed by atoms with van der Waals surface area (Å²) in [6, 6.07) is 0. The fourth-order valence-electron chi connectivity index (χ4n) is 5.87. The van der Waals surface area contributed by atoms with Crippen LogP contribution in [0.1, 0.15) is 207 Å². The third-order valence-corrected chi connectivity index (χ3v) is 8.64. The lowest BCUT2D eigenvalue weighted by Crippen LogP contribution is -2.20. The Morgan fingerprint density at radius 1 is 0.289 bits per heavy atom. The molecule has 1 nitrogen and oxygen atoms in total. The van der Waals surface area contributed by atoms with E-state index in [9.17, 15) is 0 Å². The molecule has 0 unspecified atom stereocenters. The molecule has 0 fully saturated rings. The van der Waals surface area contributed by atoms with Crippen molar-refractivity contribution < 1.29 is 0 Å². The van der Waals surface area contributed by atoms with Crippen LogP contribution in [0.2, 0.25) is 0 Å². The standard InChI is InChI=1S/C37H77N/c1-36(2)32-28-24-20-16-12-8-6-10-14-18-22-26-30-34-38(5)35-31-27-23-19-15-11-7-9-13-17-21-25-29-33-37(3)4/h36-37H,6-35H2,1-5H3. The molecular weight excluding hydrogens is 458 g/mol. The van der Waals surface area contributed by atoms with Crippen molar-refractivity contribution in [1.29, 1.82) is 0 Å². The first-order valence-electron chi connectivity index (χ1n) is 18.2. The van der Waals surface area contributed by atoms with Crippen LogP contribution in [0.4, 0.5) is 0 Å². The van der Waals surface area contributed by atoms with Crippen molar-refractivity contribution in [3.63, 3.8) is 0 Å². The molecule has 0 aliphatic carbocycles. The summed E-state index contributed by atoms with van der Waals surface area (Å²) in [5, 5.41) is 0. The normalized spacial score (nSPS) is 12.0. The smallest absolute Gasteiger partial charge is 0.00218 e. The molecule has 0 saturated heterocycles. The topological polar surface area (TPSA) is 3.24 Å². The summed E-state index contributed by atoms with van der Waals surface area (Å²) in [6.07, 6.45) is 40.9. The van der Waals surface area contributed by atoms with Gasteiger partial charge in [-0.25, -0.2) is 0 Å². The van der Waals surface area contributed by atoms with Crippen molar-refractivity contribution in [2.24, 2.45) is 11.8 Å². The number of hydrogen-bond acceptors (Lipinski definition) is 1. The molecule has 0 amide bonds. The van der Waals surface area contributed by atoms with Gasteiger partial charge in [0.2, 0.25) is 0 Å². The first-order valence-corrected chi connectivity index (χ1v) is 18.2. The number of nitrogens with zero attached hydrogens (tertiary/aromatic N) is 1. The Bertz CT molecular complexity index is 377. The third kappa shape index (κ3) is 34.0. The third-order valence-electron chi connectivity index (χ3n) is 8.64. The molecule has 0 aliphatic rings. The molecule has 1 heteroatoms. The molecular formula is C37H77N. The highest BCUT2D eigenvalue weighted by Gasteiger charge is 2.00. The van der Waals surface area contributed by atoms with Gasteiger partial charge in [-0.05, 0) is 44.8 Å². The van der Waals surface area contributed by atoms with Gasteiger partial charge in [-0.3, -0.25) is 0 Å². The number of hydrogen-bond donors (Lipinski definition) is 0. The van der Waals surface area contributed by atoms with Gasteiger partial charge in [-0.1, -0.05) is 195 Å². The van der Waals surface area contributed by atoms with Crippen LogP contribution >= 0.6 is 0 Å². The first kappa shape index (κ1) is 38.0. The monoisotopic (exact) mass is 536 g/mol. The van der Waals surface area contributed by atoms with Crippen LogP contribution in [0.15, 0.2) is 0 Å². The van der Waals surface area contributed by atoms with Crippen LogP contribution in [0, 0.1) is 11.8 Å². The van der Waals surface area contributed by atoms with E-state index >= 15 is 0 Å². The van der Waals surface area contributed by atoms with E-state index in [-0.39, 0.29) is 0 Å². The zero-order valence-electron chi connectivity index (χ0n) is 27.8. The Kier molecular flexibility index (Phi) is 31.5. The summed E-state index contributed by atoms with van der Waals surface area (Å²) < 4.78 is 0. The average Bonchev–Trinajstić information content (AvgIpc) is 2.88. The van der Waals surface area contributed by atoms with Crippen molar-refractivity contribution in [1.82, 2.24) is 4.90 Å². The lowest BCUT2D eigenvalue weighted by atomic mass is 10.0. The van der Waals surface area contributed by atoms with Gasteiger partial charge in [0.25, 0.3) is 0 Å². The highest BCUT2D eigenvalue weighted by molar-refractivity contribution is 4.56. The summed E-state index contributed by atoms with van der Waals surface area (Å²) in [5.41, 5.74) is 0. The molecule has 0 N–H and O–H groups in total. The van der Waals surface area contributed by atoms with Crippen molar-refractivity contribution >= 4 is 0 Å². The molecule has 0 heterocycles. The van der Waals surface area contributed by atoms with E-state index in [1.54, 1.807) is 0 Å². The summed E-state index contributed by atoms with van der Waals surface area (Å²) in [5.74, 6) is 1.79. The van der Waals surface area contributed by atoms with Gasteiger partial charge in [-0.2, -0.15) is 0 Å². The lowest BCUT2D eigenvalue weighted by molar-refractivity contribution is 0.314. The molecule has 0 radical (unpaired) electrons. The summed E-state index contributed by atoms with van der Waals surface area (Å²) >= 11 is 0. The molecule has 230 valence electrons. The average molecular weight is 536 g/mol.